The van der Waals surface area contributed by atoms with Crippen LogP contribution >= 0.6 is 0 Å². The normalized spacial score (nSPS) is 10.4. The summed E-state index contributed by atoms with van der Waals surface area (Å²) in [5.74, 6) is 0.942. The van der Waals surface area contributed by atoms with E-state index in [1.54, 1.807) is 12.1 Å². The Morgan fingerprint density at radius 2 is 1.81 bits per heavy atom. The van der Waals surface area contributed by atoms with Gasteiger partial charge in [-0.2, -0.15) is 0 Å². The minimum atomic E-state index is -0.397. The summed E-state index contributed by atoms with van der Waals surface area (Å²) in [6, 6.07) is 12.1. The number of para-hydroxylation sites is 3. The summed E-state index contributed by atoms with van der Waals surface area (Å²) >= 11 is 0. The van der Waals surface area contributed by atoms with Crippen molar-refractivity contribution < 1.29 is 13.9 Å². The lowest BCUT2D eigenvalue weighted by molar-refractivity contribution is 0.300. The molecule has 0 amide bonds. The highest BCUT2D eigenvalue weighted by Crippen LogP contribution is 2.34. The topological polar surface area (TPSA) is 44.5 Å². The SMILES string of the molecule is CCCOc1ccccc1Oc1c(F)cccc1CCN. The van der Waals surface area contributed by atoms with Gasteiger partial charge in [-0.1, -0.05) is 31.2 Å². The summed E-state index contributed by atoms with van der Waals surface area (Å²) in [5, 5.41) is 0. The lowest BCUT2D eigenvalue weighted by Gasteiger charge is -2.15. The van der Waals surface area contributed by atoms with Crippen LogP contribution in [0, 0.1) is 5.82 Å². The first kappa shape index (κ1) is 15.3. The highest BCUT2D eigenvalue weighted by molar-refractivity contribution is 5.45. The van der Waals surface area contributed by atoms with Crippen molar-refractivity contribution in [2.24, 2.45) is 5.73 Å². The third-order valence-corrected chi connectivity index (χ3v) is 2.99. The smallest absolute Gasteiger partial charge is 0.169 e. The summed E-state index contributed by atoms with van der Waals surface area (Å²) < 4.78 is 25.4. The molecular formula is C17H20FNO2. The Bertz CT molecular complexity index is 587. The van der Waals surface area contributed by atoms with Crippen molar-refractivity contribution in [3.8, 4) is 17.2 Å². The lowest BCUT2D eigenvalue weighted by atomic mass is 10.1. The van der Waals surface area contributed by atoms with E-state index in [9.17, 15) is 4.39 Å². The van der Waals surface area contributed by atoms with Gasteiger partial charge in [0.15, 0.2) is 23.1 Å². The largest absolute Gasteiger partial charge is 0.490 e. The molecule has 0 spiro atoms. The van der Waals surface area contributed by atoms with E-state index in [-0.39, 0.29) is 5.75 Å². The van der Waals surface area contributed by atoms with E-state index in [1.165, 1.54) is 6.07 Å². The minimum absolute atomic E-state index is 0.218. The van der Waals surface area contributed by atoms with Crippen LogP contribution in [0.1, 0.15) is 18.9 Å². The molecule has 21 heavy (non-hydrogen) atoms. The second kappa shape index (κ2) is 7.64. The van der Waals surface area contributed by atoms with Gasteiger partial charge < -0.3 is 15.2 Å². The van der Waals surface area contributed by atoms with Crippen molar-refractivity contribution in [3.05, 3.63) is 53.8 Å². The number of nitrogens with two attached hydrogens (primary N) is 1. The van der Waals surface area contributed by atoms with Crippen molar-refractivity contribution in [3.63, 3.8) is 0 Å². The molecule has 0 aliphatic rings. The zero-order chi connectivity index (χ0) is 15.1. The maximum atomic E-state index is 14.0. The Morgan fingerprint density at radius 1 is 1.05 bits per heavy atom. The molecule has 0 fully saturated rings. The molecule has 0 aromatic heterocycles. The van der Waals surface area contributed by atoms with Gasteiger partial charge in [0, 0.05) is 0 Å². The van der Waals surface area contributed by atoms with Gasteiger partial charge in [-0.15, -0.1) is 0 Å². The van der Waals surface area contributed by atoms with Crippen molar-refractivity contribution in [2.75, 3.05) is 13.2 Å². The van der Waals surface area contributed by atoms with Crippen LogP contribution < -0.4 is 15.2 Å². The minimum Gasteiger partial charge on any atom is -0.490 e. The van der Waals surface area contributed by atoms with Gasteiger partial charge in [-0.3, -0.25) is 0 Å². The van der Waals surface area contributed by atoms with Gasteiger partial charge in [-0.05, 0) is 43.1 Å². The van der Waals surface area contributed by atoms with Crippen LogP contribution in [0.5, 0.6) is 17.2 Å². The molecule has 0 saturated heterocycles. The molecule has 4 heteroatoms. The van der Waals surface area contributed by atoms with Crippen molar-refractivity contribution >= 4 is 0 Å². The number of rotatable bonds is 7. The molecule has 0 unspecified atom stereocenters. The Morgan fingerprint density at radius 3 is 2.52 bits per heavy atom. The molecule has 3 nitrogen and oxygen atoms in total. The second-order valence-electron chi connectivity index (χ2n) is 4.66. The first-order valence-corrected chi connectivity index (χ1v) is 7.13. The average molecular weight is 289 g/mol. The fourth-order valence-electron chi connectivity index (χ4n) is 2.00. The predicted molar refractivity (Wildman–Crippen MR) is 81.5 cm³/mol. The molecular weight excluding hydrogens is 269 g/mol. The highest BCUT2D eigenvalue weighted by Gasteiger charge is 2.13. The molecule has 0 aliphatic carbocycles. The molecule has 2 N–H and O–H groups in total. The number of hydrogen-bond donors (Lipinski definition) is 1. The predicted octanol–water partition coefficient (Wildman–Crippen LogP) is 3.91. The van der Waals surface area contributed by atoms with E-state index in [0.29, 0.717) is 31.1 Å². The summed E-state index contributed by atoms with van der Waals surface area (Å²) in [4.78, 5) is 0. The van der Waals surface area contributed by atoms with Gasteiger partial charge in [0.1, 0.15) is 0 Å². The molecule has 2 aromatic carbocycles. The maximum absolute atomic E-state index is 14.0. The lowest BCUT2D eigenvalue weighted by Crippen LogP contribution is -2.05. The highest BCUT2D eigenvalue weighted by atomic mass is 19.1. The fraction of sp³-hybridized carbons (Fsp3) is 0.294. The summed E-state index contributed by atoms with van der Waals surface area (Å²) in [7, 11) is 0. The Kier molecular flexibility index (Phi) is 5.58. The molecule has 0 bridgehead atoms. The Labute approximate surface area is 124 Å². The first-order valence-electron chi connectivity index (χ1n) is 7.13. The molecule has 0 saturated carbocycles. The Balaban J connectivity index is 2.29. The first-order chi connectivity index (χ1) is 10.3. The van der Waals surface area contributed by atoms with Crippen LogP contribution in [0.25, 0.3) is 0 Å². The van der Waals surface area contributed by atoms with E-state index < -0.39 is 5.82 Å². The van der Waals surface area contributed by atoms with Crippen molar-refractivity contribution in [1.82, 2.24) is 0 Å². The number of hydrogen-bond acceptors (Lipinski definition) is 3. The molecule has 2 rings (SSSR count). The number of halogens is 1. The van der Waals surface area contributed by atoms with Gasteiger partial charge in [0.25, 0.3) is 0 Å². The molecule has 2 aromatic rings. The number of benzene rings is 2. The monoisotopic (exact) mass is 289 g/mol. The summed E-state index contributed by atoms with van der Waals surface area (Å²) in [6.45, 7) is 3.06. The van der Waals surface area contributed by atoms with Gasteiger partial charge in [0.2, 0.25) is 0 Å². The van der Waals surface area contributed by atoms with Crippen LogP contribution in [-0.4, -0.2) is 13.2 Å². The van der Waals surface area contributed by atoms with E-state index in [2.05, 4.69) is 0 Å². The van der Waals surface area contributed by atoms with Gasteiger partial charge >= 0.3 is 0 Å². The van der Waals surface area contributed by atoms with E-state index in [0.717, 1.165) is 12.0 Å². The molecule has 0 aliphatic heterocycles. The standard InChI is InChI=1S/C17H20FNO2/c1-2-12-20-15-8-3-4-9-16(15)21-17-13(10-11-19)6-5-7-14(17)18/h3-9H,2,10-12,19H2,1H3. The van der Waals surface area contributed by atoms with Crippen LogP contribution in [0.2, 0.25) is 0 Å². The quantitative estimate of drug-likeness (QED) is 0.840. The van der Waals surface area contributed by atoms with Gasteiger partial charge in [-0.25, -0.2) is 4.39 Å². The zero-order valence-corrected chi connectivity index (χ0v) is 12.1. The van der Waals surface area contributed by atoms with E-state index >= 15 is 0 Å². The summed E-state index contributed by atoms with van der Waals surface area (Å²) in [6.07, 6.45) is 1.46. The molecule has 112 valence electrons. The number of ether oxygens (including phenoxy) is 2. The molecule has 0 radical (unpaired) electrons. The van der Waals surface area contributed by atoms with Crippen molar-refractivity contribution in [1.29, 1.82) is 0 Å². The van der Waals surface area contributed by atoms with Crippen LogP contribution in [0.3, 0.4) is 0 Å². The third kappa shape index (κ3) is 3.95. The maximum Gasteiger partial charge on any atom is 0.169 e. The fourth-order valence-corrected chi connectivity index (χ4v) is 2.00. The third-order valence-electron chi connectivity index (χ3n) is 2.99. The Hall–Kier alpha value is -2.07. The van der Waals surface area contributed by atoms with E-state index in [4.69, 9.17) is 15.2 Å². The van der Waals surface area contributed by atoms with E-state index in [1.807, 2.05) is 31.2 Å². The van der Waals surface area contributed by atoms with Crippen LogP contribution in [0.4, 0.5) is 4.39 Å². The zero-order valence-electron chi connectivity index (χ0n) is 12.1. The van der Waals surface area contributed by atoms with Crippen LogP contribution in [-0.2, 0) is 6.42 Å². The average Bonchev–Trinajstić information content (AvgIpc) is 2.50. The molecule has 0 heterocycles. The van der Waals surface area contributed by atoms with Crippen molar-refractivity contribution in [2.45, 2.75) is 19.8 Å². The van der Waals surface area contributed by atoms with Gasteiger partial charge in [0.05, 0.1) is 6.61 Å². The second-order valence-corrected chi connectivity index (χ2v) is 4.66. The molecule has 0 atom stereocenters. The summed E-state index contributed by atoms with van der Waals surface area (Å²) in [5.41, 5.74) is 6.32. The van der Waals surface area contributed by atoms with Crippen LogP contribution in [0.15, 0.2) is 42.5 Å².